The predicted octanol–water partition coefficient (Wildman–Crippen LogP) is 3.93. The molecular weight excluding hydrogens is 306 g/mol. The molecule has 3 rings (SSSR count). The Bertz CT molecular complexity index is 741. The normalized spacial score (nSPS) is 19.3. The Morgan fingerprint density at radius 2 is 1.70 bits per heavy atom. The number of carbonyl (C=O) groups excluding carboxylic acids is 1. The zero-order chi connectivity index (χ0) is 16.1. The number of nitrogens with one attached hydrogen (secondary N) is 1. The highest BCUT2D eigenvalue weighted by atomic mass is 32.2. The van der Waals surface area contributed by atoms with Crippen LogP contribution in [0.4, 0.5) is 5.69 Å². The zero-order valence-corrected chi connectivity index (χ0v) is 13.6. The first-order chi connectivity index (χ1) is 11.2. The Kier molecular flexibility index (Phi) is 4.88. The largest absolute Gasteiger partial charge is 0.280 e. The molecule has 1 saturated heterocycles. The molecule has 1 fully saturated rings. The molecule has 1 aliphatic rings. The van der Waals surface area contributed by atoms with Gasteiger partial charge in [0.05, 0.1) is 17.4 Å². The Balaban J connectivity index is 1.80. The lowest BCUT2D eigenvalue weighted by molar-refractivity contribution is -0.105. The van der Waals surface area contributed by atoms with E-state index in [1.165, 1.54) is 11.8 Å². The number of hydrogen-bond acceptors (Lipinski definition) is 5. The van der Waals surface area contributed by atoms with E-state index < -0.39 is 0 Å². The molecule has 0 radical (unpaired) electrons. The summed E-state index contributed by atoms with van der Waals surface area (Å²) >= 11 is 1.25. The third kappa shape index (κ3) is 3.87. The van der Waals surface area contributed by atoms with E-state index in [1.807, 2.05) is 67.6 Å². The summed E-state index contributed by atoms with van der Waals surface area (Å²) in [7, 11) is 0. The molecule has 0 bridgehead atoms. The molecule has 4 nitrogen and oxygen atoms in total. The molecule has 116 valence electrons. The molecule has 0 saturated carbocycles. The van der Waals surface area contributed by atoms with Crippen molar-refractivity contribution in [2.75, 3.05) is 11.2 Å². The van der Waals surface area contributed by atoms with Crippen molar-refractivity contribution in [2.45, 2.75) is 13.0 Å². The quantitative estimate of drug-likeness (QED) is 0.867. The molecule has 2 aromatic rings. The van der Waals surface area contributed by atoms with E-state index in [0.29, 0.717) is 11.5 Å². The molecular formula is C18H17N3OS. The number of hydrazone groups is 1. The maximum absolute atomic E-state index is 12.0. The van der Waals surface area contributed by atoms with Crippen LogP contribution in [0, 0.1) is 0 Å². The molecule has 0 unspecified atom stereocenters. The minimum absolute atomic E-state index is 0.000347. The third-order valence-corrected chi connectivity index (χ3v) is 4.38. The van der Waals surface area contributed by atoms with Crippen LogP contribution in [-0.4, -0.2) is 22.3 Å². The van der Waals surface area contributed by atoms with Crippen molar-refractivity contribution < 1.29 is 4.79 Å². The molecule has 5 heteroatoms. The van der Waals surface area contributed by atoms with Gasteiger partial charge in [0.2, 0.25) is 5.12 Å². The SMILES string of the molecule is C[C@@H](N=C1CSC(=O)C1=NNc1ccccc1)c1ccccc1. The van der Waals surface area contributed by atoms with Gasteiger partial charge in [-0.25, -0.2) is 0 Å². The van der Waals surface area contributed by atoms with Crippen molar-refractivity contribution >= 4 is 34.0 Å². The molecule has 0 aromatic heterocycles. The molecule has 1 aliphatic heterocycles. The fourth-order valence-electron chi connectivity index (χ4n) is 2.27. The number of thioether (sulfide) groups is 1. The number of carbonyl (C=O) groups is 1. The van der Waals surface area contributed by atoms with Crippen LogP contribution in [-0.2, 0) is 4.79 Å². The Labute approximate surface area is 139 Å². The molecule has 1 N–H and O–H groups in total. The lowest BCUT2D eigenvalue weighted by Gasteiger charge is -2.08. The molecule has 2 aromatic carbocycles. The second-order valence-corrected chi connectivity index (χ2v) is 6.12. The van der Waals surface area contributed by atoms with Gasteiger partial charge in [0.25, 0.3) is 0 Å². The number of hydrogen-bond donors (Lipinski definition) is 1. The van der Waals surface area contributed by atoms with Crippen LogP contribution in [0.5, 0.6) is 0 Å². The Hall–Kier alpha value is -2.40. The van der Waals surface area contributed by atoms with E-state index in [4.69, 9.17) is 4.99 Å². The molecule has 0 spiro atoms. The van der Waals surface area contributed by atoms with Crippen LogP contribution in [0.25, 0.3) is 0 Å². The summed E-state index contributed by atoms with van der Waals surface area (Å²) in [5, 5.41) is 4.23. The minimum atomic E-state index is -0.0348. The monoisotopic (exact) mass is 323 g/mol. The highest BCUT2D eigenvalue weighted by Crippen LogP contribution is 2.22. The van der Waals surface area contributed by atoms with Crippen molar-refractivity contribution in [3.63, 3.8) is 0 Å². The van der Waals surface area contributed by atoms with Gasteiger partial charge in [-0.15, -0.1) is 0 Å². The van der Waals surface area contributed by atoms with E-state index in [1.54, 1.807) is 0 Å². The number of nitrogens with zero attached hydrogens (tertiary/aromatic N) is 2. The van der Waals surface area contributed by atoms with Crippen molar-refractivity contribution in [1.82, 2.24) is 0 Å². The molecule has 23 heavy (non-hydrogen) atoms. The van der Waals surface area contributed by atoms with Gasteiger partial charge in [0.1, 0.15) is 0 Å². The summed E-state index contributed by atoms with van der Waals surface area (Å²) in [6.07, 6.45) is 0. The van der Waals surface area contributed by atoms with Gasteiger partial charge < -0.3 is 0 Å². The molecule has 0 aliphatic carbocycles. The van der Waals surface area contributed by atoms with Crippen molar-refractivity contribution in [3.05, 3.63) is 66.2 Å². The van der Waals surface area contributed by atoms with Gasteiger partial charge in [-0.05, 0) is 24.6 Å². The van der Waals surface area contributed by atoms with Crippen LogP contribution in [0.3, 0.4) is 0 Å². The smallest absolute Gasteiger partial charge is 0.241 e. The van der Waals surface area contributed by atoms with Gasteiger partial charge in [-0.3, -0.25) is 15.2 Å². The summed E-state index contributed by atoms with van der Waals surface area (Å²) in [5.41, 5.74) is 6.07. The first kappa shape index (κ1) is 15.5. The standard InChI is InChI=1S/C18H17N3OS/c1-13(14-8-4-2-5-9-14)19-16-12-23-18(22)17(16)21-20-15-10-6-3-7-11-15/h2-11,13,20H,12H2,1H3/t13-/m1/s1. The first-order valence-corrected chi connectivity index (χ1v) is 8.40. The van der Waals surface area contributed by atoms with E-state index in [9.17, 15) is 4.79 Å². The van der Waals surface area contributed by atoms with E-state index >= 15 is 0 Å². The Morgan fingerprint density at radius 3 is 2.39 bits per heavy atom. The summed E-state index contributed by atoms with van der Waals surface area (Å²) in [6.45, 7) is 2.03. The molecule has 1 atom stereocenters. The number of aliphatic imine (C=N–C) groups is 1. The van der Waals surface area contributed by atoms with E-state index in [-0.39, 0.29) is 11.2 Å². The van der Waals surface area contributed by atoms with Crippen molar-refractivity contribution in [2.24, 2.45) is 10.1 Å². The highest BCUT2D eigenvalue weighted by Gasteiger charge is 2.28. The summed E-state index contributed by atoms with van der Waals surface area (Å²) in [4.78, 5) is 16.7. The fourth-order valence-corrected chi connectivity index (χ4v) is 3.05. The number of anilines is 1. The number of benzene rings is 2. The van der Waals surface area contributed by atoms with Gasteiger partial charge in [0, 0.05) is 5.75 Å². The lowest BCUT2D eigenvalue weighted by Crippen LogP contribution is -2.17. The third-order valence-electron chi connectivity index (χ3n) is 3.51. The van der Waals surface area contributed by atoms with Gasteiger partial charge >= 0.3 is 0 Å². The fraction of sp³-hybridized carbons (Fsp3) is 0.167. The van der Waals surface area contributed by atoms with Crippen LogP contribution in [0.15, 0.2) is 70.8 Å². The Morgan fingerprint density at radius 1 is 1.04 bits per heavy atom. The zero-order valence-electron chi connectivity index (χ0n) is 12.8. The first-order valence-electron chi connectivity index (χ1n) is 7.42. The molecule has 0 amide bonds. The average Bonchev–Trinajstić information content (AvgIpc) is 2.94. The highest BCUT2D eigenvalue weighted by molar-refractivity contribution is 8.17. The van der Waals surface area contributed by atoms with Crippen LogP contribution < -0.4 is 5.43 Å². The summed E-state index contributed by atoms with van der Waals surface area (Å²) in [5.74, 6) is 0.575. The minimum Gasteiger partial charge on any atom is -0.280 e. The van der Waals surface area contributed by atoms with Gasteiger partial charge in [-0.1, -0.05) is 60.3 Å². The van der Waals surface area contributed by atoms with Crippen molar-refractivity contribution in [3.8, 4) is 0 Å². The summed E-state index contributed by atoms with van der Waals surface area (Å²) in [6, 6.07) is 19.6. The van der Waals surface area contributed by atoms with E-state index in [2.05, 4.69) is 10.5 Å². The van der Waals surface area contributed by atoms with Crippen LogP contribution in [0.1, 0.15) is 18.5 Å². The average molecular weight is 323 g/mol. The maximum Gasteiger partial charge on any atom is 0.241 e. The molecule has 1 heterocycles. The predicted molar refractivity (Wildman–Crippen MR) is 97.3 cm³/mol. The van der Waals surface area contributed by atoms with Gasteiger partial charge in [0.15, 0.2) is 5.71 Å². The number of para-hydroxylation sites is 1. The lowest BCUT2D eigenvalue weighted by atomic mass is 10.1. The van der Waals surface area contributed by atoms with Crippen molar-refractivity contribution in [1.29, 1.82) is 0 Å². The van der Waals surface area contributed by atoms with Crippen LogP contribution >= 0.6 is 11.8 Å². The van der Waals surface area contributed by atoms with Crippen LogP contribution in [0.2, 0.25) is 0 Å². The topological polar surface area (TPSA) is 53.8 Å². The second-order valence-electron chi connectivity index (χ2n) is 5.18. The van der Waals surface area contributed by atoms with Gasteiger partial charge in [-0.2, -0.15) is 5.10 Å². The number of rotatable bonds is 4. The summed E-state index contributed by atoms with van der Waals surface area (Å²) < 4.78 is 0. The second kappa shape index (κ2) is 7.24. The van der Waals surface area contributed by atoms with E-state index in [0.717, 1.165) is 17.0 Å². The maximum atomic E-state index is 12.0.